The number of hydrogen-bond donors (Lipinski definition) is 0. The van der Waals surface area contributed by atoms with E-state index in [4.69, 9.17) is 0 Å². The molecular weight excluding hydrogens is 903 g/mol. The van der Waals surface area contributed by atoms with Gasteiger partial charge in [0, 0.05) is 22.1 Å². The minimum absolute atomic E-state index is 1.09. The van der Waals surface area contributed by atoms with E-state index in [-0.39, 0.29) is 0 Å². The molecule has 14 aromatic rings. The van der Waals surface area contributed by atoms with Crippen molar-refractivity contribution in [3.05, 3.63) is 296 Å². The maximum Gasteiger partial charge on any atom is 0.0618 e. The molecule has 0 aromatic heterocycles. The minimum Gasteiger partial charge on any atom is -0.309 e. The number of anilines is 3. The van der Waals surface area contributed by atoms with Gasteiger partial charge in [0.05, 0.1) is 5.69 Å². The Morgan fingerprint density at radius 2 is 0.613 bits per heavy atom. The predicted molar refractivity (Wildman–Crippen MR) is 323 cm³/mol. The molecule has 14 aromatic carbocycles. The van der Waals surface area contributed by atoms with Crippen LogP contribution in [0.1, 0.15) is 11.1 Å². The lowest BCUT2D eigenvalue weighted by atomic mass is 9.84. The van der Waals surface area contributed by atoms with E-state index in [2.05, 4.69) is 302 Å². The van der Waals surface area contributed by atoms with Crippen molar-refractivity contribution in [3.63, 3.8) is 0 Å². The largest absolute Gasteiger partial charge is 0.309 e. The summed E-state index contributed by atoms with van der Waals surface area (Å²) in [7, 11) is 0. The molecule has 0 fully saturated rings. The van der Waals surface area contributed by atoms with Crippen molar-refractivity contribution in [3.8, 4) is 44.5 Å². The number of rotatable bonds is 9. The fourth-order valence-corrected chi connectivity index (χ4v) is 11.7. The van der Waals surface area contributed by atoms with E-state index >= 15 is 0 Å². The first kappa shape index (κ1) is 43.9. The zero-order chi connectivity index (χ0) is 49.7. The molecule has 0 N–H and O–H groups in total. The Morgan fingerprint density at radius 3 is 1.20 bits per heavy atom. The zero-order valence-corrected chi connectivity index (χ0v) is 41.2. The van der Waals surface area contributed by atoms with Gasteiger partial charge in [-0.25, -0.2) is 0 Å². The Morgan fingerprint density at radius 1 is 0.213 bits per heavy atom. The highest BCUT2D eigenvalue weighted by Crippen LogP contribution is 2.50. The van der Waals surface area contributed by atoms with Crippen molar-refractivity contribution in [2.24, 2.45) is 0 Å². The summed E-state index contributed by atoms with van der Waals surface area (Å²) in [6.45, 7) is 0. The first-order chi connectivity index (χ1) is 37.2. The molecule has 350 valence electrons. The van der Waals surface area contributed by atoms with Gasteiger partial charge in [0.2, 0.25) is 0 Å². The van der Waals surface area contributed by atoms with Crippen LogP contribution in [0.2, 0.25) is 0 Å². The Bertz CT molecular complexity index is 4450. The molecule has 0 unspecified atom stereocenters. The Hall–Kier alpha value is -9.82. The van der Waals surface area contributed by atoms with Crippen LogP contribution in [0.15, 0.2) is 285 Å². The number of nitrogens with zero attached hydrogens (tertiary/aromatic N) is 1. The average Bonchev–Trinajstić information content (AvgIpc) is 3.49. The number of para-hydroxylation sites is 1. The van der Waals surface area contributed by atoms with E-state index in [0.29, 0.717) is 0 Å². The Labute approximate surface area is 437 Å². The van der Waals surface area contributed by atoms with Gasteiger partial charge in [0.25, 0.3) is 0 Å². The lowest BCUT2D eigenvalue weighted by Crippen LogP contribution is -2.11. The van der Waals surface area contributed by atoms with E-state index in [9.17, 15) is 0 Å². The topological polar surface area (TPSA) is 3.24 Å². The van der Waals surface area contributed by atoms with Crippen LogP contribution in [0.5, 0.6) is 0 Å². The molecular formula is C74H49N. The molecule has 0 radical (unpaired) electrons. The highest BCUT2D eigenvalue weighted by atomic mass is 15.1. The Balaban J connectivity index is 0.934. The van der Waals surface area contributed by atoms with Gasteiger partial charge in [0.1, 0.15) is 0 Å². The molecule has 0 spiro atoms. The van der Waals surface area contributed by atoms with Crippen molar-refractivity contribution in [2.75, 3.05) is 4.90 Å². The van der Waals surface area contributed by atoms with E-state index in [1.54, 1.807) is 0 Å². The summed E-state index contributed by atoms with van der Waals surface area (Å²) in [5.74, 6) is 0. The summed E-state index contributed by atoms with van der Waals surface area (Å²) in [4.78, 5) is 2.46. The second-order valence-electron chi connectivity index (χ2n) is 19.6. The van der Waals surface area contributed by atoms with Gasteiger partial charge in [-0.2, -0.15) is 0 Å². The highest BCUT2D eigenvalue weighted by Gasteiger charge is 2.23. The molecule has 0 aliphatic carbocycles. The molecule has 0 saturated heterocycles. The Kier molecular flexibility index (Phi) is 10.9. The highest BCUT2D eigenvalue weighted by molar-refractivity contribution is 6.24. The maximum atomic E-state index is 2.46. The van der Waals surface area contributed by atoms with Crippen molar-refractivity contribution in [1.29, 1.82) is 0 Å². The average molecular weight is 952 g/mol. The summed E-state index contributed by atoms with van der Waals surface area (Å²) in [5, 5.41) is 14.7. The molecule has 75 heavy (non-hydrogen) atoms. The van der Waals surface area contributed by atoms with E-state index in [1.807, 2.05) is 0 Å². The lowest BCUT2D eigenvalue weighted by Gasteiger charge is -2.29. The van der Waals surface area contributed by atoms with E-state index in [1.165, 1.54) is 109 Å². The molecule has 1 heteroatoms. The fourth-order valence-electron chi connectivity index (χ4n) is 11.7. The van der Waals surface area contributed by atoms with Gasteiger partial charge < -0.3 is 4.90 Å². The third-order valence-electron chi connectivity index (χ3n) is 15.1. The van der Waals surface area contributed by atoms with Crippen LogP contribution in [-0.2, 0) is 0 Å². The molecule has 0 saturated carbocycles. The van der Waals surface area contributed by atoms with Crippen LogP contribution < -0.4 is 4.90 Å². The first-order valence-electron chi connectivity index (χ1n) is 25.9. The molecule has 1 nitrogen and oxygen atoms in total. The summed E-state index contributed by atoms with van der Waals surface area (Å²) in [6, 6.07) is 105. The third-order valence-corrected chi connectivity index (χ3v) is 15.1. The third kappa shape index (κ3) is 7.90. The molecule has 0 amide bonds. The second-order valence-corrected chi connectivity index (χ2v) is 19.6. The SMILES string of the molecule is C(=C\c1cccc(-c2c3ccccc3c(N(c3ccccc3)c3ccc(-c4ccc5c(-c6ccc7ccccc7c6)c6ccccc6c(-c6ccc7ccccc7c6)c5c4)cc3)c3ccccc23)c1)/c1ccccc1. The van der Waals surface area contributed by atoms with E-state index in [0.717, 1.165) is 28.2 Å². The van der Waals surface area contributed by atoms with Crippen LogP contribution in [0.4, 0.5) is 17.1 Å². The summed E-state index contributed by atoms with van der Waals surface area (Å²) < 4.78 is 0. The van der Waals surface area contributed by atoms with Crippen LogP contribution in [0.3, 0.4) is 0 Å². The summed E-state index contributed by atoms with van der Waals surface area (Å²) in [5.41, 5.74) is 15.4. The first-order valence-corrected chi connectivity index (χ1v) is 25.9. The summed E-state index contributed by atoms with van der Waals surface area (Å²) in [6.07, 6.45) is 4.40. The lowest BCUT2D eigenvalue weighted by molar-refractivity contribution is 1.31. The van der Waals surface area contributed by atoms with Crippen LogP contribution in [-0.4, -0.2) is 0 Å². The van der Waals surface area contributed by atoms with Gasteiger partial charge in [-0.3, -0.25) is 0 Å². The van der Waals surface area contributed by atoms with Crippen molar-refractivity contribution in [2.45, 2.75) is 0 Å². The monoisotopic (exact) mass is 951 g/mol. The molecule has 0 atom stereocenters. The molecule has 14 rings (SSSR count). The smallest absolute Gasteiger partial charge is 0.0618 e. The zero-order valence-electron chi connectivity index (χ0n) is 41.2. The molecule has 0 aliphatic rings. The van der Waals surface area contributed by atoms with Crippen LogP contribution >= 0.6 is 0 Å². The van der Waals surface area contributed by atoms with Gasteiger partial charge >= 0.3 is 0 Å². The van der Waals surface area contributed by atoms with Gasteiger partial charge in [-0.05, 0) is 158 Å². The molecule has 0 heterocycles. The second kappa shape index (κ2) is 18.7. The maximum absolute atomic E-state index is 2.46. The normalized spacial score (nSPS) is 11.7. The van der Waals surface area contributed by atoms with Crippen molar-refractivity contribution >= 4 is 93.8 Å². The standard InChI is InChI=1S/C74H49N/c1-3-18-50(19-4-1)34-35-51-20-17-25-58(46-51)71-65-30-13-15-32-68(65)74(69-33-16-14-31-66(69)71)75(61-26-5-2-6-27-61)62-43-40-54(41-44-62)57-42-45-67-70(49-57)73(60-39-37-53-22-8-10-24-56(53)48-60)64-29-12-11-28-63(64)72(67)59-38-36-52-21-7-9-23-55(52)47-59/h1-49H/b35-34+. The molecule has 0 bridgehead atoms. The number of hydrogen-bond acceptors (Lipinski definition) is 1. The van der Waals surface area contributed by atoms with Crippen molar-refractivity contribution < 1.29 is 0 Å². The van der Waals surface area contributed by atoms with E-state index < -0.39 is 0 Å². The van der Waals surface area contributed by atoms with Gasteiger partial charge in [0.15, 0.2) is 0 Å². The minimum atomic E-state index is 1.09. The van der Waals surface area contributed by atoms with Crippen LogP contribution in [0.25, 0.3) is 121 Å². The van der Waals surface area contributed by atoms with Crippen LogP contribution in [0, 0.1) is 0 Å². The van der Waals surface area contributed by atoms with Gasteiger partial charge in [-0.15, -0.1) is 0 Å². The summed E-state index contributed by atoms with van der Waals surface area (Å²) >= 11 is 0. The number of benzene rings is 14. The molecule has 0 aliphatic heterocycles. The van der Waals surface area contributed by atoms with Crippen molar-refractivity contribution in [1.82, 2.24) is 0 Å². The quantitative estimate of drug-likeness (QED) is 0.103. The van der Waals surface area contributed by atoms with Gasteiger partial charge in [-0.1, -0.05) is 249 Å². The fraction of sp³-hybridized carbons (Fsp3) is 0. The predicted octanol–water partition coefficient (Wildman–Crippen LogP) is 20.9. The number of fused-ring (bicyclic) bond motifs is 6.